The van der Waals surface area contributed by atoms with Crippen molar-refractivity contribution in [2.45, 2.75) is 13.1 Å². The van der Waals surface area contributed by atoms with Gasteiger partial charge in [-0.05, 0) is 47.3 Å². The Balaban J connectivity index is 1.65. The molecule has 20 heavy (non-hydrogen) atoms. The van der Waals surface area contributed by atoms with Gasteiger partial charge in [-0.1, -0.05) is 22.0 Å². The molecule has 0 bridgehead atoms. The molecule has 0 radical (unpaired) electrons. The Kier molecular flexibility index (Phi) is 3.85. The van der Waals surface area contributed by atoms with Gasteiger partial charge in [0.25, 0.3) is 0 Å². The van der Waals surface area contributed by atoms with Gasteiger partial charge in [-0.25, -0.2) is 4.39 Å². The fourth-order valence-electron chi connectivity index (χ4n) is 2.23. The summed E-state index contributed by atoms with van der Waals surface area (Å²) >= 11 is 3.36. The van der Waals surface area contributed by atoms with Crippen molar-refractivity contribution in [3.63, 3.8) is 0 Å². The first kappa shape index (κ1) is 13.3. The van der Waals surface area contributed by atoms with Crippen LogP contribution in [0.2, 0.25) is 0 Å². The second-order valence-electron chi connectivity index (χ2n) is 4.74. The minimum atomic E-state index is -0.179. The van der Waals surface area contributed by atoms with Crippen molar-refractivity contribution >= 4 is 26.8 Å². The predicted octanol–water partition coefficient (Wildman–Crippen LogP) is 4.36. The van der Waals surface area contributed by atoms with Crippen LogP contribution in [0.25, 0.3) is 10.9 Å². The van der Waals surface area contributed by atoms with E-state index in [-0.39, 0.29) is 5.82 Å². The number of halogens is 2. The molecule has 2 nitrogen and oxygen atoms in total. The maximum atomic E-state index is 13.6. The molecule has 0 aliphatic carbocycles. The number of H-pyrrole nitrogens is 1. The molecule has 0 aliphatic heterocycles. The van der Waals surface area contributed by atoms with E-state index in [1.807, 2.05) is 12.3 Å². The normalized spacial score (nSPS) is 11.1. The summed E-state index contributed by atoms with van der Waals surface area (Å²) in [6, 6.07) is 13.3. The van der Waals surface area contributed by atoms with Gasteiger partial charge in [-0.3, -0.25) is 0 Å². The number of fused-ring (bicyclic) bond motifs is 1. The highest BCUT2D eigenvalue weighted by Crippen LogP contribution is 2.16. The van der Waals surface area contributed by atoms with Gasteiger partial charge in [-0.2, -0.15) is 0 Å². The molecule has 0 spiro atoms. The van der Waals surface area contributed by atoms with Gasteiger partial charge < -0.3 is 10.3 Å². The zero-order chi connectivity index (χ0) is 13.9. The first-order valence-electron chi connectivity index (χ1n) is 6.43. The second kappa shape index (κ2) is 5.77. The van der Waals surface area contributed by atoms with E-state index >= 15 is 0 Å². The standard InChI is InChI=1S/C16H14BrFN2/c17-14-2-3-15(18)13(8-14)10-19-9-11-1-4-16-12(7-11)5-6-20-16/h1-8,19-20H,9-10H2. The zero-order valence-corrected chi connectivity index (χ0v) is 12.4. The van der Waals surface area contributed by atoms with Crippen molar-refractivity contribution in [3.8, 4) is 0 Å². The minimum Gasteiger partial charge on any atom is -0.361 e. The third-order valence-corrected chi connectivity index (χ3v) is 3.76. The number of aromatic nitrogens is 1. The molecule has 0 amide bonds. The number of benzene rings is 2. The van der Waals surface area contributed by atoms with Crippen LogP contribution in [0, 0.1) is 5.82 Å². The van der Waals surface area contributed by atoms with E-state index in [1.165, 1.54) is 17.0 Å². The highest BCUT2D eigenvalue weighted by molar-refractivity contribution is 9.10. The van der Waals surface area contributed by atoms with Gasteiger partial charge in [0.1, 0.15) is 5.82 Å². The van der Waals surface area contributed by atoms with E-state index in [4.69, 9.17) is 0 Å². The lowest BCUT2D eigenvalue weighted by Crippen LogP contribution is -2.13. The van der Waals surface area contributed by atoms with E-state index in [0.717, 1.165) is 9.99 Å². The summed E-state index contributed by atoms with van der Waals surface area (Å²) < 4.78 is 14.5. The first-order valence-corrected chi connectivity index (χ1v) is 7.22. The fraction of sp³-hybridized carbons (Fsp3) is 0.125. The van der Waals surface area contributed by atoms with Crippen LogP contribution in [0.5, 0.6) is 0 Å². The SMILES string of the molecule is Fc1ccc(Br)cc1CNCc1ccc2[nH]ccc2c1. The number of nitrogens with one attached hydrogen (secondary N) is 2. The van der Waals surface area contributed by atoms with Crippen molar-refractivity contribution < 1.29 is 4.39 Å². The van der Waals surface area contributed by atoms with Gasteiger partial charge in [0.15, 0.2) is 0 Å². The Morgan fingerprint density at radius 1 is 1.05 bits per heavy atom. The van der Waals surface area contributed by atoms with Crippen LogP contribution in [0.1, 0.15) is 11.1 Å². The Hall–Kier alpha value is -1.65. The largest absolute Gasteiger partial charge is 0.361 e. The van der Waals surface area contributed by atoms with Crippen molar-refractivity contribution in [1.82, 2.24) is 10.3 Å². The third kappa shape index (κ3) is 2.92. The van der Waals surface area contributed by atoms with Crippen LogP contribution in [0.4, 0.5) is 4.39 Å². The molecule has 2 aromatic carbocycles. The highest BCUT2D eigenvalue weighted by atomic mass is 79.9. The van der Waals surface area contributed by atoms with Gasteiger partial charge in [0.05, 0.1) is 0 Å². The first-order chi connectivity index (χ1) is 9.72. The topological polar surface area (TPSA) is 27.8 Å². The van der Waals surface area contributed by atoms with Gasteiger partial charge in [0, 0.05) is 34.8 Å². The third-order valence-electron chi connectivity index (χ3n) is 3.27. The van der Waals surface area contributed by atoms with E-state index in [0.29, 0.717) is 18.7 Å². The van der Waals surface area contributed by atoms with Crippen LogP contribution in [0.3, 0.4) is 0 Å². The van der Waals surface area contributed by atoms with Crippen LogP contribution < -0.4 is 5.32 Å². The molecule has 1 aromatic heterocycles. The molecule has 0 saturated carbocycles. The highest BCUT2D eigenvalue weighted by Gasteiger charge is 2.03. The van der Waals surface area contributed by atoms with Crippen LogP contribution >= 0.6 is 15.9 Å². The Morgan fingerprint density at radius 3 is 2.85 bits per heavy atom. The summed E-state index contributed by atoms with van der Waals surface area (Å²) in [4.78, 5) is 3.17. The molecule has 0 unspecified atom stereocenters. The lowest BCUT2D eigenvalue weighted by atomic mass is 10.1. The molecule has 3 rings (SSSR count). The quantitative estimate of drug-likeness (QED) is 0.729. The molecule has 0 fully saturated rings. The molecule has 0 saturated heterocycles. The van der Waals surface area contributed by atoms with Crippen LogP contribution in [-0.4, -0.2) is 4.98 Å². The van der Waals surface area contributed by atoms with Crippen molar-refractivity contribution in [3.05, 3.63) is 70.1 Å². The van der Waals surface area contributed by atoms with E-state index in [2.05, 4.69) is 44.4 Å². The monoisotopic (exact) mass is 332 g/mol. The maximum Gasteiger partial charge on any atom is 0.127 e. The summed E-state index contributed by atoms with van der Waals surface area (Å²) in [5, 5.41) is 4.46. The van der Waals surface area contributed by atoms with E-state index in [9.17, 15) is 4.39 Å². The average molecular weight is 333 g/mol. The van der Waals surface area contributed by atoms with E-state index in [1.54, 1.807) is 12.1 Å². The van der Waals surface area contributed by atoms with Crippen molar-refractivity contribution in [1.29, 1.82) is 0 Å². The van der Waals surface area contributed by atoms with Gasteiger partial charge >= 0.3 is 0 Å². The predicted molar refractivity (Wildman–Crippen MR) is 82.9 cm³/mol. The van der Waals surface area contributed by atoms with Gasteiger partial charge in [0.2, 0.25) is 0 Å². The summed E-state index contributed by atoms with van der Waals surface area (Å²) in [7, 11) is 0. The Labute approximate surface area is 125 Å². The summed E-state index contributed by atoms with van der Waals surface area (Å²) in [6.45, 7) is 1.23. The molecule has 2 N–H and O–H groups in total. The summed E-state index contributed by atoms with van der Waals surface area (Å²) in [5.74, 6) is -0.179. The Morgan fingerprint density at radius 2 is 1.95 bits per heavy atom. The smallest absolute Gasteiger partial charge is 0.127 e. The number of hydrogen-bond donors (Lipinski definition) is 2. The molecular formula is C16H14BrFN2. The molecule has 0 atom stereocenters. The van der Waals surface area contributed by atoms with E-state index < -0.39 is 0 Å². The average Bonchev–Trinajstić information content (AvgIpc) is 2.90. The van der Waals surface area contributed by atoms with Crippen LogP contribution in [0.15, 0.2) is 53.1 Å². The molecule has 0 aliphatic rings. The fourth-order valence-corrected chi connectivity index (χ4v) is 2.64. The zero-order valence-electron chi connectivity index (χ0n) is 10.8. The molecule has 1 heterocycles. The summed E-state index contributed by atoms with van der Waals surface area (Å²) in [6.07, 6.45) is 1.93. The number of rotatable bonds is 4. The number of aromatic amines is 1. The summed E-state index contributed by atoms with van der Waals surface area (Å²) in [5.41, 5.74) is 2.99. The second-order valence-corrected chi connectivity index (χ2v) is 5.65. The molecular weight excluding hydrogens is 319 g/mol. The lowest BCUT2D eigenvalue weighted by molar-refractivity contribution is 0.587. The molecule has 4 heteroatoms. The minimum absolute atomic E-state index is 0.179. The lowest BCUT2D eigenvalue weighted by Gasteiger charge is -2.07. The Bertz CT molecular complexity index is 736. The molecule has 3 aromatic rings. The molecule has 102 valence electrons. The van der Waals surface area contributed by atoms with Crippen LogP contribution in [-0.2, 0) is 13.1 Å². The van der Waals surface area contributed by atoms with Crippen molar-refractivity contribution in [2.24, 2.45) is 0 Å². The van der Waals surface area contributed by atoms with Crippen molar-refractivity contribution in [2.75, 3.05) is 0 Å². The maximum absolute atomic E-state index is 13.6. The number of hydrogen-bond acceptors (Lipinski definition) is 1. The van der Waals surface area contributed by atoms with Gasteiger partial charge in [-0.15, -0.1) is 0 Å².